The number of nitrogens with one attached hydrogen (secondary N) is 1. The van der Waals surface area contributed by atoms with Gasteiger partial charge in [0, 0.05) is 7.11 Å². The number of methoxy groups -OCH3 is 2. The highest BCUT2D eigenvalue weighted by Gasteiger charge is 2.55. The number of rotatable bonds is 2. The summed E-state index contributed by atoms with van der Waals surface area (Å²) in [6.45, 7) is 5.48. The van der Waals surface area contributed by atoms with Gasteiger partial charge in [-0.05, 0) is 20.8 Å². The third kappa shape index (κ3) is 2.84. The molecule has 1 unspecified atom stereocenters. The topological polar surface area (TPSA) is 75.3 Å². The number of fused-ring (bicyclic) bond motifs is 1. The molecule has 2 aliphatic heterocycles. The maximum absolute atomic E-state index is 11.4. The van der Waals surface area contributed by atoms with Crippen molar-refractivity contribution >= 4 is 6.09 Å². The first kappa shape index (κ1) is 14.5. The van der Waals surface area contributed by atoms with E-state index >= 15 is 0 Å². The summed E-state index contributed by atoms with van der Waals surface area (Å²) >= 11 is 0. The summed E-state index contributed by atoms with van der Waals surface area (Å²) in [7, 11) is 2.87. The Kier molecular flexibility index (Phi) is 4.00. The molecule has 1 N–H and O–H groups in total. The van der Waals surface area contributed by atoms with Crippen LogP contribution < -0.4 is 5.32 Å². The van der Waals surface area contributed by atoms with Gasteiger partial charge in [0.1, 0.15) is 12.2 Å². The van der Waals surface area contributed by atoms with Gasteiger partial charge in [0.05, 0.1) is 19.3 Å². The molecule has 5 atom stereocenters. The summed E-state index contributed by atoms with van der Waals surface area (Å²) in [6.07, 6.45) is -2.05. The molecule has 0 aliphatic carbocycles. The molecule has 2 aliphatic rings. The molecule has 2 fully saturated rings. The van der Waals surface area contributed by atoms with Crippen molar-refractivity contribution < 1.29 is 28.5 Å². The SMILES string of the molecule is COC(=O)NC1[C@H](C)O[C@@H](OC)[C@@H]2OC(C)(C)O[C@H]12. The molecule has 1 amide bonds. The van der Waals surface area contributed by atoms with E-state index in [0.717, 1.165) is 0 Å². The van der Waals surface area contributed by atoms with Crippen LogP contribution in [0.2, 0.25) is 0 Å². The van der Waals surface area contributed by atoms with Crippen molar-refractivity contribution in [2.45, 2.75) is 57.2 Å². The van der Waals surface area contributed by atoms with Crippen LogP contribution in [-0.2, 0) is 23.7 Å². The molecule has 0 aromatic heterocycles. The van der Waals surface area contributed by atoms with E-state index in [9.17, 15) is 4.79 Å². The number of hydrogen-bond donors (Lipinski definition) is 1. The minimum Gasteiger partial charge on any atom is -0.453 e. The molecular formula is C12H21NO6. The zero-order chi connectivity index (χ0) is 14.2. The summed E-state index contributed by atoms with van der Waals surface area (Å²) in [6, 6.07) is -0.356. The summed E-state index contributed by atoms with van der Waals surface area (Å²) in [4.78, 5) is 11.4. The quantitative estimate of drug-likeness (QED) is 0.796. The van der Waals surface area contributed by atoms with Gasteiger partial charge < -0.3 is 29.0 Å². The van der Waals surface area contributed by atoms with Crippen molar-refractivity contribution in [3.8, 4) is 0 Å². The lowest BCUT2D eigenvalue weighted by atomic mass is 9.97. The van der Waals surface area contributed by atoms with Crippen LogP contribution >= 0.6 is 0 Å². The average molecular weight is 275 g/mol. The Balaban J connectivity index is 2.18. The number of carbonyl (C=O) groups is 1. The number of amides is 1. The largest absolute Gasteiger partial charge is 0.453 e. The third-order valence-corrected chi connectivity index (χ3v) is 3.34. The summed E-state index contributed by atoms with van der Waals surface area (Å²) in [5.74, 6) is -0.740. The van der Waals surface area contributed by atoms with Gasteiger partial charge in [-0.25, -0.2) is 4.79 Å². The molecule has 0 aromatic rings. The lowest BCUT2D eigenvalue weighted by Crippen LogP contribution is -2.62. The lowest BCUT2D eigenvalue weighted by Gasteiger charge is -2.40. The van der Waals surface area contributed by atoms with Crippen LogP contribution in [-0.4, -0.2) is 56.7 Å². The normalized spacial score (nSPS) is 40.6. The Morgan fingerprint density at radius 1 is 1.21 bits per heavy atom. The highest BCUT2D eigenvalue weighted by Crippen LogP contribution is 2.37. The molecule has 0 saturated carbocycles. The third-order valence-electron chi connectivity index (χ3n) is 3.34. The van der Waals surface area contributed by atoms with E-state index in [2.05, 4.69) is 10.1 Å². The predicted octanol–water partition coefficient (Wildman–Crippen LogP) is 0.622. The van der Waals surface area contributed by atoms with Crippen LogP contribution in [0.1, 0.15) is 20.8 Å². The minimum absolute atomic E-state index is 0.275. The molecule has 0 aromatic carbocycles. The fraction of sp³-hybridized carbons (Fsp3) is 0.917. The molecule has 0 radical (unpaired) electrons. The Morgan fingerprint density at radius 3 is 2.42 bits per heavy atom. The average Bonchev–Trinajstić information content (AvgIpc) is 2.67. The Bertz CT molecular complexity index is 347. The molecule has 7 heteroatoms. The standard InChI is InChI=1S/C12H21NO6/c1-6-7(13-11(14)16-5)8-9(10(15-4)17-6)19-12(2,3)18-8/h6-10H,1-5H3,(H,13,14)/t6-,7?,8+,9+,10+/m0/s1. The Labute approximate surface area is 112 Å². The van der Waals surface area contributed by atoms with Crippen LogP contribution in [0.5, 0.6) is 0 Å². The van der Waals surface area contributed by atoms with Gasteiger partial charge in [0.2, 0.25) is 0 Å². The molecular weight excluding hydrogens is 254 g/mol. The van der Waals surface area contributed by atoms with Crippen LogP contribution in [0.4, 0.5) is 4.79 Å². The maximum Gasteiger partial charge on any atom is 0.407 e. The fourth-order valence-electron chi connectivity index (χ4n) is 2.53. The van der Waals surface area contributed by atoms with Crippen molar-refractivity contribution in [2.75, 3.05) is 14.2 Å². The van der Waals surface area contributed by atoms with Gasteiger partial charge in [-0.15, -0.1) is 0 Å². The van der Waals surface area contributed by atoms with E-state index in [0.29, 0.717) is 0 Å². The van der Waals surface area contributed by atoms with Crippen LogP contribution in [0.15, 0.2) is 0 Å². The number of carbonyl (C=O) groups excluding carboxylic acids is 1. The van der Waals surface area contributed by atoms with Crippen molar-refractivity contribution in [3.63, 3.8) is 0 Å². The van der Waals surface area contributed by atoms with E-state index in [4.69, 9.17) is 18.9 Å². The van der Waals surface area contributed by atoms with Gasteiger partial charge in [-0.3, -0.25) is 0 Å². The first-order valence-corrected chi connectivity index (χ1v) is 6.26. The highest BCUT2D eigenvalue weighted by molar-refractivity contribution is 5.67. The van der Waals surface area contributed by atoms with Crippen LogP contribution in [0, 0.1) is 0 Å². The number of hydrogen-bond acceptors (Lipinski definition) is 6. The molecule has 7 nitrogen and oxygen atoms in total. The van der Waals surface area contributed by atoms with Crippen molar-refractivity contribution in [2.24, 2.45) is 0 Å². The maximum atomic E-state index is 11.4. The van der Waals surface area contributed by atoms with Gasteiger partial charge in [-0.1, -0.05) is 0 Å². The van der Waals surface area contributed by atoms with Crippen LogP contribution in [0.25, 0.3) is 0 Å². The van der Waals surface area contributed by atoms with Crippen molar-refractivity contribution in [1.82, 2.24) is 5.32 Å². The van der Waals surface area contributed by atoms with Gasteiger partial charge in [-0.2, -0.15) is 0 Å². The molecule has 2 heterocycles. The Hall–Kier alpha value is -0.890. The van der Waals surface area contributed by atoms with Crippen molar-refractivity contribution in [3.05, 3.63) is 0 Å². The van der Waals surface area contributed by atoms with Gasteiger partial charge in [0.25, 0.3) is 0 Å². The second kappa shape index (κ2) is 5.24. The summed E-state index contributed by atoms with van der Waals surface area (Å²) < 4.78 is 27.2. The predicted molar refractivity (Wildman–Crippen MR) is 64.5 cm³/mol. The zero-order valence-electron chi connectivity index (χ0n) is 11.8. The van der Waals surface area contributed by atoms with E-state index < -0.39 is 24.3 Å². The second-order valence-electron chi connectivity index (χ2n) is 5.17. The van der Waals surface area contributed by atoms with Crippen molar-refractivity contribution in [1.29, 1.82) is 0 Å². The second-order valence-corrected chi connectivity index (χ2v) is 5.17. The highest BCUT2D eigenvalue weighted by atomic mass is 16.8. The molecule has 2 rings (SSSR count). The van der Waals surface area contributed by atoms with E-state index in [-0.39, 0.29) is 18.2 Å². The van der Waals surface area contributed by atoms with Gasteiger partial charge in [0.15, 0.2) is 12.1 Å². The number of alkyl carbamates (subject to hydrolysis) is 1. The van der Waals surface area contributed by atoms with Gasteiger partial charge >= 0.3 is 6.09 Å². The summed E-state index contributed by atoms with van der Waals surface area (Å²) in [5.41, 5.74) is 0. The first-order chi connectivity index (χ1) is 8.88. The number of ether oxygens (including phenoxy) is 5. The lowest BCUT2D eigenvalue weighted by molar-refractivity contribution is -0.244. The summed E-state index contributed by atoms with van der Waals surface area (Å²) in [5, 5.41) is 2.73. The molecule has 0 bridgehead atoms. The fourth-order valence-corrected chi connectivity index (χ4v) is 2.53. The van der Waals surface area contributed by atoms with E-state index in [1.165, 1.54) is 7.11 Å². The van der Waals surface area contributed by atoms with Crippen LogP contribution in [0.3, 0.4) is 0 Å². The molecule has 2 saturated heterocycles. The minimum atomic E-state index is -0.740. The van der Waals surface area contributed by atoms with E-state index in [1.54, 1.807) is 7.11 Å². The molecule has 110 valence electrons. The zero-order valence-corrected chi connectivity index (χ0v) is 11.8. The monoisotopic (exact) mass is 275 g/mol. The molecule has 19 heavy (non-hydrogen) atoms. The first-order valence-electron chi connectivity index (χ1n) is 6.26. The Morgan fingerprint density at radius 2 is 1.84 bits per heavy atom. The molecule has 0 spiro atoms. The van der Waals surface area contributed by atoms with E-state index in [1.807, 2.05) is 20.8 Å². The smallest absolute Gasteiger partial charge is 0.407 e.